The van der Waals surface area contributed by atoms with Crippen molar-refractivity contribution in [2.45, 2.75) is 52.6 Å². The lowest BCUT2D eigenvalue weighted by Crippen LogP contribution is -2.19. The monoisotopic (exact) mass is 186 g/mol. The Bertz CT molecular complexity index is 147. The molecule has 2 heteroatoms. The lowest BCUT2D eigenvalue weighted by molar-refractivity contribution is -0.111. The largest absolute Gasteiger partial charge is 0.390 e. The maximum atomic E-state index is 10.5. The minimum atomic E-state index is -0.565. The van der Waals surface area contributed by atoms with Crippen molar-refractivity contribution < 1.29 is 9.90 Å². The van der Waals surface area contributed by atoms with E-state index in [1.165, 1.54) is 0 Å². The van der Waals surface area contributed by atoms with Gasteiger partial charge in [0.15, 0.2) is 0 Å². The molecule has 1 N–H and O–H groups in total. The zero-order valence-electron chi connectivity index (χ0n) is 9.21. The SMILES string of the molecule is CC(C=O)C(C)CCCC(C)(C)O. The first kappa shape index (κ1) is 12.6. The lowest BCUT2D eigenvalue weighted by atomic mass is 9.90. The van der Waals surface area contributed by atoms with E-state index in [0.717, 1.165) is 25.5 Å². The van der Waals surface area contributed by atoms with Crippen molar-refractivity contribution in [2.75, 3.05) is 0 Å². The fourth-order valence-electron chi connectivity index (χ4n) is 1.25. The Morgan fingerprint density at radius 2 is 1.92 bits per heavy atom. The minimum Gasteiger partial charge on any atom is -0.390 e. The summed E-state index contributed by atoms with van der Waals surface area (Å²) >= 11 is 0. The normalized spacial score (nSPS) is 16.7. The van der Waals surface area contributed by atoms with E-state index < -0.39 is 5.60 Å². The van der Waals surface area contributed by atoms with Crippen LogP contribution in [0.1, 0.15) is 47.0 Å². The van der Waals surface area contributed by atoms with Crippen LogP contribution < -0.4 is 0 Å². The Hall–Kier alpha value is -0.370. The smallest absolute Gasteiger partial charge is 0.123 e. The van der Waals surface area contributed by atoms with Gasteiger partial charge < -0.3 is 9.90 Å². The highest BCUT2D eigenvalue weighted by Gasteiger charge is 2.15. The predicted molar refractivity (Wildman–Crippen MR) is 54.5 cm³/mol. The topological polar surface area (TPSA) is 37.3 Å². The van der Waals surface area contributed by atoms with Crippen LogP contribution in [0.15, 0.2) is 0 Å². The third-order valence-corrected chi connectivity index (χ3v) is 2.56. The van der Waals surface area contributed by atoms with Crippen LogP contribution in [0.5, 0.6) is 0 Å². The molecule has 0 bridgehead atoms. The molecule has 0 aliphatic heterocycles. The molecule has 13 heavy (non-hydrogen) atoms. The van der Waals surface area contributed by atoms with Crippen LogP contribution in [0.2, 0.25) is 0 Å². The van der Waals surface area contributed by atoms with E-state index in [-0.39, 0.29) is 5.92 Å². The molecular formula is C11H22O2. The average Bonchev–Trinajstić information content (AvgIpc) is 2.00. The quantitative estimate of drug-likeness (QED) is 0.647. The van der Waals surface area contributed by atoms with Crippen LogP contribution in [0, 0.1) is 11.8 Å². The first-order valence-corrected chi connectivity index (χ1v) is 5.04. The Labute approximate surface area is 81.3 Å². The summed E-state index contributed by atoms with van der Waals surface area (Å²) in [4.78, 5) is 10.5. The third kappa shape index (κ3) is 6.76. The molecule has 0 amide bonds. The molecule has 0 fully saturated rings. The number of hydrogen-bond donors (Lipinski definition) is 1. The fraction of sp³-hybridized carbons (Fsp3) is 0.909. The van der Waals surface area contributed by atoms with E-state index in [1.54, 1.807) is 0 Å². The molecular weight excluding hydrogens is 164 g/mol. The van der Waals surface area contributed by atoms with E-state index in [1.807, 2.05) is 20.8 Å². The molecule has 0 aliphatic rings. The number of aldehydes is 1. The van der Waals surface area contributed by atoms with Gasteiger partial charge in [-0.1, -0.05) is 20.3 Å². The average molecular weight is 186 g/mol. The molecule has 0 aromatic carbocycles. The highest BCUT2D eigenvalue weighted by atomic mass is 16.3. The third-order valence-electron chi connectivity index (χ3n) is 2.56. The first-order chi connectivity index (χ1) is 5.87. The van der Waals surface area contributed by atoms with Gasteiger partial charge in [-0.05, 0) is 32.6 Å². The van der Waals surface area contributed by atoms with E-state index in [2.05, 4.69) is 6.92 Å². The Morgan fingerprint density at radius 3 is 2.31 bits per heavy atom. The Balaban J connectivity index is 3.59. The predicted octanol–water partition coefficient (Wildman–Crippen LogP) is 2.40. The number of carbonyl (C=O) groups is 1. The van der Waals surface area contributed by atoms with Gasteiger partial charge in [0.1, 0.15) is 6.29 Å². The number of rotatable bonds is 6. The minimum absolute atomic E-state index is 0.141. The van der Waals surface area contributed by atoms with Gasteiger partial charge >= 0.3 is 0 Å². The molecule has 0 saturated carbocycles. The number of carbonyl (C=O) groups excluding carboxylic acids is 1. The molecule has 0 spiro atoms. The molecule has 0 radical (unpaired) electrons. The van der Waals surface area contributed by atoms with Crippen molar-refractivity contribution in [1.82, 2.24) is 0 Å². The van der Waals surface area contributed by atoms with E-state index in [4.69, 9.17) is 0 Å². The van der Waals surface area contributed by atoms with Crippen LogP contribution in [0.3, 0.4) is 0 Å². The molecule has 0 aliphatic carbocycles. The second-order valence-electron chi connectivity index (χ2n) is 4.68. The van der Waals surface area contributed by atoms with Gasteiger partial charge in [-0.2, -0.15) is 0 Å². The van der Waals surface area contributed by atoms with E-state index in [0.29, 0.717) is 5.92 Å². The second kappa shape index (κ2) is 5.38. The summed E-state index contributed by atoms with van der Waals surface area (Å²) in [5.74, 6) is 0.571. The second-order valence-corrected chi connectivity index (χ2v) is 4.68. The van der Waals surface area contributed by atoms with E-state index >= 15 is 0 Å². The van der Waals surface area contributed by atoms with Crippen LogP contribution in [-0.2, 0) is 4.79 Å². The van der Waals surface area contributed by atoms with Gasteiger partial charge in [0, 0.05) is 5.92 Å². The van der Waals surface area contributed by atoms with Gasteiger partial charge in [-0.15, -0.1) is 0 Å². The van der Waals surface area contributed by atoms with Crippen molar-refractivity contribution in [1.29, 1.82) is 0 Å². The van der Waals surface area contributed by atoms with Gasteiger partial charge in [-0.25, -0.2) is 0 Å². The molecule has 0 heterocycles. The van der Waals surface area contributed by atoms with Crippen molar-refractivity contribution >= 4 is 6.29 Å². The lowest BCUT2D eigenvalue weighted by Gasteiger charge is -2.19. The summed E-state index contributed by atoms with van der Waals surface area (Å²) in [5.41, 5.74) is -0.565. The standard InChI is InChI=1S/C11H22O2/c1-9(10(2)8-12)6-5-7-11(3,4)13/h8-10,13H,5-7H2,1-4H3. The van der Waals surface area contributed by atoms with Gasteiger partial charge in [0.2, 0.25) is 0 Å². The molecule has 0 saturated heterocycles. The molecule has 0 rings (SSSR count). The van der Waals surface area contributed by atoms with Gasteiger partial charge in [-0.3, -0.25) is 0 Å². The first-order valence-electron chi connectivity index (χ1n) is 5.04. The fourth-order valence-corrected chi connectivity index (χ4v) is 1.25. The van der Waals surface area contributed by atoms with Crippen LogP contribution in [0.4, 0.5) is 0 Å². The molecule has 2 unspecified atom stereocenters. The molecule has 0 aromatic heterocycles. The van der Waals surface area contributed by atoms with Crippen molar-refractivity contribution in [3.05, 3.63) is 0 Å². The van der Waals surface area contributed by atoms with Crippen molar-refractivity contribution in [3.8, 4) is 0 Å². The van der Waals surface area contributed by atoms with Gasteiger partial charge in [0.25, 0.3) is 0 Å². The summed E-state index contributed by atoms with van der Waals surface area (Å²) in [5, 5.41) is 9.46. The zero-order valence-corrected chi connectivity index (χ0v) is 9.21. The Morgan fingerprint density at radius 1 is 1.38 bits per heavy atom. The Kier molecular flexibility index (Phi) is 5.23. The molecule has 2 atom stereocenters. The molecule has 2 nitrogen and oxygen atoms in total. The van der Waals surface area contributed by atoms with Gasteiger partial charge in [0.05, 0.1) is 5.60 Å². The van der Waals surface area contributed by atoms with Crippen LogP contribution in [0.25, 0.3) is 0 Å². The zero-order chi connectivity index (χ0) is 10.5. The van der Waals surface area contributed by atoms with Crippen molar-refractivity contribution in [2.24, 2.45) is 11.8 Å². The van der Waals surface area contributed by atoms with Crippen molar-refractivity contribution in [3.63, 3.8) is 0 Å². The highest BCUT2D eigenvalue weighted by molar-refractivity contribution is 5.53. The maximum absolute atomic E-state index is 10.5. The number of aliphatic hydroxyl groups is 1. The van der Waals surface area contributed by atoms with Crippen LogP contribution >= 0.6 is 0 Å². The maximum Gasteiger partial charge on any atom is 0.123 e. The number of hydrogen-bond acceptors (Lipinski definition) is 2. The molecule has 0 aromatic rings. The summed E-state index contributed by atoms with van der Waals surface area (Å²) in [6.45, 7) is 7.67. The summed E-state index contributed by atoms with van der Waals surface area (Å²) in [6.07, 6.45) is 3.82. The highest BCUT2D eigenvalue weighted by Crippen LogP contribution is 2.19. The molecule has 78 valence electrons. The van der Waals surface area contributed by atoms with Crippen LogP contribution in [-0.4, -0.2) is 17.0 Å². The summed E-state index contributed by atoms with van der Waals surface area (Å²) < 4.78 is 0. The van der Waals surface area contributed by atoms with E-state index in [9.17, 15) is 9.90 Å². The summed E-state index contributed by atoms with van der Waals surface area (Å²) in [7, 11) is 0. The summed E-state index contributed by atoms with van der Waals surface area (Å²) in [6, 6.07) is 0.